The Labute approximate surface area is 158 Å². The first kappa shape index (κ1) is 16.2. The van der Waals surface area contributed by atoms with Crippen molar-refractivity contribution in [3.8, 4) is 28.6 Å². The molecular formula is C18H16N8O2. The number of hydrogen-bond donors (Lipinski definition) is 3. The highest BCUT2D eigenvalue weighted by atomic mass is 16.5. The Morgan fingerprint density at radius 3 is 2.93 bits per heavy atom. The summed E-state index contributed by atoms with van der Waals surface area (Å²) in [6, 6.07) is 9.24. The number of nitrogen functional groups attached to an aromatic ring is 2. The first-order valence-corrected chi connectivity index (χ1v) is 8.64. The number of fused-ring (bicyclic) bond motifs is 3. The third-order valence-electron chi connectivity index (χ3n) is 4.62. The Hall–Kier alpha value is -3.95. The summed E-state index contributed by atoms with van der Waals surface area (Å²) >= 11 is 0. The van der Waals surface area contributed by atoms with Crippen LogP contribution in [0.1, 0.15) is 18.4 Å². The average molecular weight is 376 g/mol. The summed E-state index contributed by atoms with van der Waals surface area (Å²) in [6.07, 6.45) is 0. The van der Waals surface area contributed by atoms with Gasteiger partial charge in [-0.2, -0.15) is 10.2 Å². The number of rotatable bonds is 3. The minimum atomic E-state index is 0.0982. The van der Waals surface area contributed by atoms with E-state index in [9.17, 15) is 0 Å². The van der Waals surface area contributed by atoms with Crippen LogP contribution in [0.15, 0.2) is 30.3 Å². The minimum absolute atomic E-state index is 0.0982. The number of hydrogen-bond acceptors (Lipinski definition) is 9. The van der Waals surface area contributed by atoms with Crippen molar-refractivity contribution in [3.05, 3.63) is 35.9 Å². The molecule has 10 heteroatoms. The molecule has 0 bridgehead atoms. The maximum atomic E-state index is 6.21. The van der Waals surface area contributed by atoms with Gasteiger partial charge in [-0.3, -0.25) is 0 Å². The maximum absolute atomic E-state index is 6.21. The molecule has 1 aliphatic heterocycles. The number of nitrogens with one attached hydrogen (secondary N) is 1. The minimum Gasteiger partial charge on any atom is -0.492 e. The van der Waals surface area contributed by atoms with Gasteiger partial charge in [-0.05, 0) is 17.3 Å². The number of aromatic nitrogens is 6. The van der Waals surface area contributed by atoms with Crippen LogP contribution in [0.25, 0.3) is 22.3 Å². The second-order valence-electron chi connectivity index (χ2n) is 6.56. The Morgan fingerprint density at radius 2 is 2.11 bits per heavy atom. The molecule has 2 aromatic carbocycles. The quantitative estimate of drug-likeness (QED) is 0.489. The summed E-state index contributed by atoms with van der Waals surface area (Å²) < 4.78 is 12.1. The van der Waals surface area contributed by atoms with Crippen molar-refractivity contribution >= 4 is 22.7 Å². The van der Waals surface area contributed by atoms with E-state index in [0.717, 1.165) is 11.1 Å². The van der Waals surface area contributed by atoms with E-state index in [-0.39, 0.29) is 11.9 Å². The van der Waals surface area contributed by atoms with Crippen LogP contribution >= 0.6 is 0 Å². The molecule has 1 aliphatic rings. The highest BCUT2D eigenvalue weighted by molar-refractivity contribution is 5.97. The Kier molecular flexibility index (Phi) is 3.51. The monoisotopic (exact) mass is 376 g/mol. The number of anilines is 2. The highest BCUT2D eigenvalue weighted by Gasteiger charge is 2.29. The van der Waals surface area contributed by atoms with Gasteiger partial charge in [0.25, 0.3) is 0 Å². The van der Waals surface area contributed by atoms with Crippen LogP contribution in [0.5, 0.6) is 17.2 Å². The zero-order valence-electron chi connectivity index (χ0n) is 14.9. The lowest BCUT2D eigenvalue weighted by molar-refractivity contribution is 0.340. The zero-order chi connectivity index (χ0) is 19.3. The van der Waals surface area contributed by atoms with Crippen molar-refractivity contribution in [3.63, 3.8) is 0 Å². The lowest BCUT2D eigenvalue weighted by Gasteiger charge is -2.14. The van der Waals surface area contributed by atoms with Crippen LogP contribution in [0, 0.1) is 0 Å². The molecule has 2 aromatic heterocycles. The second kappa shape index (κ2) is 6.05. The number of tetrazole rings is 1. The fourth-order valence-corrected chi connectivity index (χ4v) is 3.40. The van der Waals surface area contributed by atoms with E-state index in [1.54, 1.807) is 0 Å². The van der Waals surface area contributed by atoms with Gasteiger partial charge in [0.15, 0.2) is 0 Å². The van der Waals surface area contributed by atoms with E-state index >= 15 is 0 Å². The topological polar surface area (TPSA) is 151 Å². The third-order valence-corrected chi connectivity index (χ3v) is 4.62. The third kappa shape index (κ3) is 2.54. The normalized spacial score (nSPS) is 15.4. The molecule has 5 N–H and O–H groups in total. The summed E-state index contributed by atoms with van der Waals surface area (Å²) in [7, 11) is 0. The summed E-state index contributed by atoms with van der Waals surface area (Å²) in [6.45, 7) is 2.59. The fraction of sp³-hybridized carbons (Fsp3) is 0.167. The molecular weight excluding hydrogens is 360 g/mol. The standard InChI is InChI=1S/C18H16N8O2/c1-8-7-27-15-13(8)12(6-11-14(15)16(19)22-18(20)21-11)28-10-4-2-3-9(5-10)17-23-25-26-24-17/h2-6,8H,7H2,1H3,(H4,19,20,21,22)(H,23,24,25,26). The second-order valence-corrected chi connectivity index (χ2v) is 6.56. The van der Waals surface area contributed by atoms with Crippen LogP contribution in [-0.4, -0.2) is 37.2 Å². The van der Waals surface area contributed by atoms with Crippen molar-refractivity contribution in [1.82, 2.24) is 30.6 Å². The summed E-state index contributed by atoms with van der Waals surface area (Å²) in [5.41, 5.74) is 14.1. The molecule has 0 aliphatic carbocycles. The molecule has 0 radical (unpaired) electrons. The fourth-order valence-electron chi connectivity index (χ4n) is 3.40. The van der Waals surface area contributed by atoms with Gasteiger partial charge >= 0.3 is 0 Å². The van der Waals surface area contributed by atoms with Crippen molar-refractivity contribution in [2.75, 3.05) is 18.1 Å². The van der Waals surface area contributed by atoms with E-state index in [2.05, 4.69) is 37.5 Å². The number of ether oxygens (including phenoxy) is 2. The van der Waals surface area contributed by atoms with E-state index in [1.807, 2.05) is 30.3 Å². The first-order valence-electron chi connectivity index (χ1n) is 8.64. The summed E-state index contributed by atoms with van der Waals surface area (Å²) in [4.78, 5) is 8.35. The van der Waals surface area contributed by atoms with Gasteiger partial charge in [0.1, 0.15) is 23.1 Å². The van der Waals surface area contributed by atoms with Gasteiger partial charge in [0, 0.05) is 23.1 Å². The Bertz CT molecular complexity index is 1190. The molecule has 0 amide bonds. The van der Waals surface area contributed by atoms with Crippen LogP contribution < -0.4 is 20.9 Å². The molecule has 0 spiro atoms. The molecule has 1 unspecified atom stereocenters. The van der Waals surface area contributed by atoms with Crippen molar-refractivity contribution < 1.29 is 9.47 Å². The van der Waals surface area contributed by atoms with E-state index in [1.165, 1.54) is 0 Å². The molecule has 140 valence electrons. The molecule has 4 aromatic rings. The van der Waals surface area contributed by atoms with Crippen LogP contribution in [0.4, 0.5) is 11.8 Å². The molecule has 28 heavy (non-hydrogen) atoms. The lowest BCUT2D eigenvalue weighted by atomic mass is 9.99. The largest absolute Gasteiger partial charge is 0.492 e. The average Bonchev–Trinajstić information content (AvgIpc) is 3.32. The molecule has 10 nitrogen and oxygen atoms in total. The van der Waals surface area contributed by atoms with E-state index in [0.29, 0.717) is 46.4 Å². The van der Waals surface area contributed by atoms with Gasteiger partial charge in [-0.15, -0.1) is 10.2 Å². The zero-order valence-corrected chi connectivity index (χ0v) is 14.9. The molecule has 0 saturated heterocycles. The van der Waals surface area contributed by atoms with Crippen LogP contribution in [0.2, 0.25) is 0 Å². The van der Waals surface area contributed by atoms with Crippen LogP contribution in [0.3, 0.4) is 0 Å². The van der Waals surface area contributed by atoms with Gasteiger partial charge in [0.05, 0.1) is 17.5 Å². The highest BCUT2D eigenvalue weighted by Crippen LogP contribution is 2.48. The Morgan fingerprint density at radius 1 is 1.21 bits per heavy atom. The van der Waals surface area contributed by atoms with Gasteiger partial charge in [-0.1, -0.05) is 19.1 Å². The smallest absolute Gasteiger partial charge is 0.222 e. The van der Waals surface area contributed by atoms with Gasteiger partial charge < -0.3 is 20.9 Å². The maximum Gasteiger partial charge on any atom is 0.222 e. The molecule has 3 heterocycles. The number of benzene rings is 2. The van der Waals surface area contributed by atoms with Crippen LogP contribution in [-0.2, 0) is 0 Å². The predicted molar refractivity (Wildman–Crippen MR) is 102 cm³/mol. The molecule has 1 atom stereocenters. The number of nitrogens with two attached hydrogens (primary N) is 2. The summed E-state index contributed by atoms with van der Waals surface area (Å²) in [5.74, 6) is 2.91. The number of nitrogens with zero attached hydrogens (tertiary/aromatic N) is 5. The first-order chi connectivity index (χ1) is 13.6. The van der Waals surface area contributed by atoms with E-state index in [4.69, 9.17) is 20.9 Å². The Balaban J connectivity index is 1.64. The van der Waals surface area contributed by atoms with Crippen molar-refractivity contribution in [2.45, 2.75) is 12.8 Å². The molecule has 0 fully saturated rings. The SMILES string of the molecule is CC1COc2c1c(Oc1cccc(-c3nn[nH]n3)c1)cc1nc(N)nc(N)c21. The number of H-pyrrole nitrogens is 1. The predicted octanol–water partition coefficient (Wildman–Crippen LogP) is 2.26. The molecule has 5 rings (SSSR count). The summed E-state index contributed by atoms with van der Waals surface area (Å²) in [5, 5.41) is 14.7. The van der Waals surface area contributed by atoms with Crippen molar-refractivity contribution in [1.29, 1.82) is 0 Å². The molecule has 0 saturated carbocycles. The van der Waals surface area contributed by atoms with E-state index < -0.39 is 0 Å². The van der Waals surface area contributed by atoms with Gasteiger partial charge in [0.2, 0.25) is 11.8 Å². The van der Waals surface area contributed by atoms with Crippen molar-refractivity contribution in [2.24, 2.45) is 0 Å². The van der Waals surface area contributed by atoms with Gasteiger partial charge in [-0.25, -0.2) is 4.98 Å². The lowest BCUT2D eigenvalue weighted by Crippen LogP contribution is -2.02. The number of aromatic amines is 1.